The highest BCUT2D eigenvalue weighted by atomic mass is 32.2. The Kier molecular flexibility index (Phi) is 5.62. The van der Waals surface area contributed by atoms with E-state index < -0.39 is 10.9 Å². The largest absolute Gasteiger partial charge is 0.289 e. The average molecular weight is 509 g/mol. The third kappa shape index (κ3) is 3.63. The molecular formula is C32H28O2S2. The highest BCUT2D eigenvalue weighted by Crippen LogP contribution is 2.57. The highest BCUT2D eigenvalue weighted by molar-refractivity contribution is 8.17. The zero-order valence-corrected chi connectivity index (χ0v) is 22.5. The Hall–Kier alpha value is -3.21. The predicted octanol–water partition coefficient (Wildman–Crippen LogP) is 8.68. The Morgan fingerprint density at radius 3 is 2.00 bits per heavy atom. The maximum absolute atomic E-state index is 13.7. The molecule has 1 unspecified atom stereocenters. The highest BCUT2D eigenvalue weighted by Gasteiger charge is 2.30. The molecule has 2 nitrogen and oxygen atoms in total. The van der Waals surface area contributed by atoms with Gasteiger partial charge in [0.05, 0.1) is 0 Å². The smallest absolute Gasteiger partial charge is 0.195 e. The first kappa shape index (κ1) is 23.2. The second kappa shape index (κ2) is 8.72. The quantitative estimate of drug-likeness (QED) is 0.192. The van der Waals surface area contributed by atoms with E-state index in [-0.39, 0.29) is 11.2 Å². The SMILES string of the molecule is CC(C)c1ccc2c(c1)C(=O)c1ccccc1[SH]2c1ccc2sc3ccc(C(C)C)cc3c(=O)c2c1. The van der Waals surface area contributed by atoms with Crippen LogP contribution in [0.5, 0.6) is 0 Å². The number of carbonyl (C=O) groups excluding carboxylic acids is 1. The minimum atomic E-state index is -0.957. The van der Waals surface area contributed by atoms with Crippen molar-refractivity contribution in [3.8, 4) is 0 Å². The molecule has 1 atom stereocenters. The molecule has 1 aliphatic heterocycles. The van der Waals surface area contributed by atoms with Crippen LogP contribution in [0, 0.1) is 0 Å². The molecule has 1 aliphatic rings. The van der Waals surface area contributed by atoms with Crippen molar-refractivity contribution in [2.75, 3.05) is 0 Å². The van der Waals surface area contributed by atoms with Crippen LogP contribution in [0.25, 0.3) is 20.2 Å². The van der Waals surface area contributed by atoms with Crippen molar-refractivity contribution in [2.45, 2.75) is 54.2 Å². The number of thiol groups is 1. The van der Waals surface area contributed by atoms with Gasteiger partial charge in [-0.3, -0.25) is 9.59 Å². The molecule has 0 N–H and O–H groups in total. The fraction of sp³-hybridized carbons (Fsp3) is 0.188. The van der Waals surface area contributed by atoms with E-state index in [4.69, 9.17) is 0 Å². The van der Waals surface area contributed by atoms with Crippen LogP contribution in [-0.4, -0.2) is 5.78 Å². The molecule has 0 bridgehead atoms. The molecule has 0 saturated heterocycles. The van der Waals surface area contributed by atoms with Crippen LogP contribution >= 0.6 is 22.2 Å². The van der Waals surface area contributed by atoms with Gasteiger partial charge in [0.25, 0.3) is 0 Å². The van der Waals surface area contributed by atoms with E-state index in [1.54, 1.807) is 11.3 Å². The lowest BCUT2D eigenvalue weighted by atomic mass is 9.96. The van der Waals surface area contributed by atoms with Gasteiger partial charge in [-0.15, -0.1) is 11.3 Å². The van der Waals surface area contributed by atoms with Gasteiger partial charge in [0.1, 0.15) is 0 Å². The summed E-state index contributed by atoms with van der Waals surface area (Å²) in [6.07, 6.45) is 0. The van der Waals surface area contributed by atoms with Gasteiger partial charge in [0.15, 0.2) is 11.2 Å². The maximum atomic E-state index is 13.7. The van der Waals surface area contributed by atoms with Crippen molar-refractivity contribution < 1.29 is 4.79 Å². The van der Waals surface area contributed by atoms with Crippen LogP contribution in [-0.2, 0) is 0 Å². The first-order chi connectivity index (χ1) is 17.3. The molecule has 0 radical (unpaired) electrons. The van der Waals surface area contributed by atoms with Crippen molar-refractivity contribution in [3.63, 3.8) is 0 Å². The summed E-state index contributed by atoms with van der Waals surface area (Å²) < 4.78 is 2.02. The van der Waals surface area contributed by atoms with Crippen molar-refractivity contribution in [1.82, 2.24) is 0 Å². The topological polar surface area (TPSA) is 34.1 Å². The molecule has 0 fully saturated rings. The molecule has 2 heterocycles. The third-order valence-electron chi connectivity index (χ3n) is 7.16. The Bertz CT molecular complexity index is 1740. The van der Waals surface area contributed by atoms with E-state index in [2.05, 4.69) is 88.4 Å². The average Bonchev–Trinajstić information content (AvgIpc) is 2.88. The summed E-state index contributed by atoms with van der Waals surface area (Å²) in [4.78, 5) is 30.5. The number of hydrogen-bond acceptors (Lipinski definition) is 3. The van der Waals surface area contributed by atoms with Crippen LogP contribution in [0.2, 0.25) is 0 Å². The number of benzene rings is 4. The molecule has 4 aromatic carbocycles. The van der Waals surface area contributed by atoms with Gasteiger partial charge in [-0.05, 0) is 82.5 Å². The third-order valence-corrected chi connectivity index (χ3v) is 10.9. The van der Waals surface area contributed by atoms with E-state index in [1.165, 1.54) is 11.1 Å². The molecule has 6 rings (SSSR count). The fourth-order valence-electron chi connectivity index (χ4n) is 5.06. The Morgan fingerprint density at radius 2 is 1.25 bits per heavy atom. The molecule has 36 heavy (non-hydrogen) atoms. The number of fused-ring (bicyclic) bond motifs is 4. The summed E-state index contributed by atoms with van der Waals surface area (Å²) in [6, 6.07) is 27.0. The predicted molar refractivity (Wildman–Crippen MR) is 154 cm³/mol. The van der Waals surface area contributed by atoms with Crippen molar-refractivity contribution in [3.05, 3.63) is 111 Å². The number of hydrogen-bond donors (Lipinski definition) is 1. The fourth-order valence-corrected chi connectivity index (χ4v) is 8.68. The van der Waals surface area contributed by atoms with Gasteiger partial charge in [-0.2, -0.15) is 10.9 Å². The summed E-state index contributed by atoms with van der Waals surface area (Å²) in [5.74, 6) is 0.815. The van der Waals surface area contributed by atoms with Crippen LogP contribution in [0.3, 0.4) is 0 Å². The molecule has 1 aromatic heterocycles. The molecule has 180 valence electrons. The van der Waals surface area contributed by atoms with Gasteiger partial charge in [-0.1, -0.05) is 52.0 Å². The Labute approximate surface area is 218 Å². The van der Waals surface area contributed by atoms with E-state index in [0.717, 1.165) is 46.0 Å². The molecule has 5 aromatic rings. The van der Waals surface area contributed by atoms with Gasteiger partial charge >= 0.3 is 0 Å². The van der Waals surface area contributed by atoms with Crippen LogP contribution in [0.1, 0.15) is 66.6 Å². The lowest BCUT2D eigenvalue weighted by Gasteiger charge is -2.32. The van der Waals surface area contributed by atoms with Gasteiger partial charge in [0.2, 0.25) is 0 Å². The lowest BCUT2D eigenvalue weighted by Crippen LogP contribution is -2.13. The zero-order chi connectivity index (χ0) is 25.1. The van der Waals surface area contributed by atoms with Crippen molar-refractivity contribution >= 4 is 48.2 Å². The van der Waals surface area contributed by atoms with E-state index >= 15 is 0 Å². The van der Waals surface area contributed by atoms with Gasteiger partial charge in [-0.25, -0.2) is 0 Å². The molecule has 4 heteroatoms. The molecule has 0 aliphatic carbocycles. The van der Waals surface area contributed by atoms with Crippen molar-refractivity contribution in [2.24, 2.45) is 0 Å². The van der Waals surface area contributed by atoms with Crippen LogP contribution < -0.4 is 5.43 Å². The monoisotopic (exact) mass is 508 g/mol. The lowest BCUT2D eigenvalue weighted by molar-refractivity contribution is 0.103. The molecule has 0 amide bonds. The normalized spacial score (nSPS) is 16.1. The second-order valence-corrected chi connectivity index (χ2v) is 13.4. The van der Waals surface area contributed by atoms with Crippen LogP contribution in [0.15, 0.2) is 98.3 Å². The standard InChI is InChI=1S/C32H28O2S2/c1-18(2)20-9-12-27-24(15-20)32(34)25-17-22(11-13-28(25)35-27)36-29-8-6-5-7-23(29)31(33)26-16-21(19(3)4)10-14-30(26)36/h5-19,36H,1-4H3. The number of ketones is 1. The number of carbonyl (C=O) groups is 1. The first-order valence-corrected chi connectivity index (χ1v) is 14.6. The first-order valence-electron chi connectivity index (χ1n) is 12.4. The second-order valence-electron chi connectivity index (χ2n) is 10.1. The van der Waals surface area contributed by atoms with Gasteiger partial charge in [0, 0.05) is 41.1 Å². The zero-order valence-electron chi connectivity index (χ0n) is 20.8. The molecule has 0 spiro atoms. The summed E-state index contributed by atoms with van der Waals surface area (Å²) in [6.45, 7) is 8.61. The molecular weight excluding hydrogens is 480 g/mol. The Balaban J connectivity index is 1.60. The van der Waals surface area contributed by atoms with E-state index in [0.29, 0.717) is 11.8 Å². The van der Waals surface area contributed by atoms with E-state index in [1.807, 2.05) is 18.2 Å². The summed E-state index contributed by atoms with van der Waals surface area (Å²) in [5.41, 5.74) is 4.03. The minimum absolute atomic E-state index is 0.0925. The Morgan fingerprint density at radius 1 is 0.639 bits per heavy atom. The van der Waals surface area contributed by atoms with Gasteiger partial charge < -0.3 is 0 Å². The van der Waals surface area contributed by atoms with Crippen LogP contribution in [0.4, 0.5) is 0 Å². The van der Waals surface area contributed by atoms with E-state index in [9.17, 15) is 9.59 Å². The minimum Gasteiger partial charge on any atom is -0.289 e. The number of rotatable bonds is 3. The summed E-state index contributed by atoms with van der Waals surface area (Å²) in [7, 11) is -0.957. The van der Waals surface area contributed by atoms with Crippen molar-refractivity contribution in [1.29, 1.82) is 0 Å². The maximum Gasteiger partial charge on any atom is 0.195 e. The summed E-state index contributed by atoms with van der Waals surface area (Å²) in [5, 5.41) is 1.56. The summed E-state index contributed by atoms with van der Waals surface area (Å²) >= 11 is 1.67. The molecule has 0 saturated carbocycles.